The maximum absolute atomic E-state index is 12.0. The van der Waals surface area contributed by atoms with Crippen molar-refractivity contribution in [3.63, 3.8) is 0 Å². The topological polar surface area (TPSA) is 9.23 Å². The highest BCUT2D eigenvalue weighted by Gasteiger charge is 2.70. The van der Waals surface area contributed by atoms with Crippen LogP contribution >= 0.6 is 0 Å². The predicted octanol–water partition coefficient (Wildman–Crippen LogP) is 3.44. The number of halogens is 2. The quantitative estimate of drug-likeness (QED) is 0.681. The van der Waals surface area contributed by atoms with E-state index >= 15 is 0 Å². The fourth-order valence-electron chi connectivity index (χ4n) is 3.29. The predicted molar refractivity (Wildman–Crippen MR) is 50.1 cm³/mol. The molecule has 0 aliphatic heterocycles. The number of ether oxygens (including phenoxy) is 1. The fraction of sp³-hybridized carbons (Fsp3) is 1.00. The van der Waals surface area contributed by atoms with E-state index in [2.05, 4.69) is 18.6 Å². The van der Waals surface area contributed by atoms with E-state index in [4.69, 9.17) is 0 Å². The smallest absolute Gasteiger partial charge is 0.319 e. The van der Waals surface area contributed by atoms with Gasteiger partial charge in [-0.15, -0.1) is 0 Å². The Hall–Kier alpha value is -0.180. The molecule has 14 heavy (non-hydrogen) atoms. The van der Waals surface area contributed by atoms with Gasteiger partial charge in [-0.3, -0.25) is 0 Å². The van der Waals surface area contributed by atoms with Crippen molar-refractivity contribution in [2.45, 2.75) is 52.7 Å². The molecule has 0 heterocycles. The van der Waals surface area contributed by atoms with Gasteiger partial charge < -0.3 is 4.74 Å². The molecule has 0 aromatic carbocycles. The number of rotatable bonds is 4. The molecule has 0 amide bonds. The standard InChI is InChI=1S/C11H18F2O/c1-7(2)10-4-11(5-10,6-10)8(3)14-9(12)13/h7-9H,4-6H2,1-3H3. The van der Waals surface area contributed by atoms with Crippen molar-refractivity contribution in [3.05, 3.63) is 0 Å². The van der Waals surface area contributed by atoms with Crippen LogP contribution in [-0.4, -0.2) is 12.7 Å². The average molecular weight is 204 g/mol. The van der Waals surface area contributed by atoms with Crippen LogP contribution in [-0.2, 0) is 4.74 Å². The molecule has 3 aliphatic rings. The van der Waals surface area contributed by atoms with Gasteiger partial charge in [0.05, 0.1) is 6.10 Å². The van der Waals surface area contributed by atoms with Crippen molar-refractivity contribution in [2.24, 2.45) is 16.7 Å². The third-order valence-corrected chi connectivity index (χ3v) is 4.51. The third-order valence-electron chi connectivity index (χ3n) is 4.51. The molecule has 0 aromatic heterocycles. The first kappa shape index (κ1) is 10.3. The van der Waals surface area contributed by atoms with Crippen molar-refractivity contribution in [3.8, 4) is 0 Å². The summed E-state index contributed by atoms with van der Waals surface area (Å²) in [5.74, 6) is 0.683. The van der Waals surface area contributed by atoms with Gasteiger partial charge in [-0.2, -0.15) is 8.78 Å². The van der Waals surface area contributed by atoms with E-state index < -0.39 is 6.61 Å². The zero-order valence-electron chi connectivity index (χ0n) is 9.02. The molecule has 2 bridgehead atoms. The third kappa shape index (κ3) is 1.21. The van der Waals surface area contributed by atoms with Crippen LogP contribution < -0.4 is 0 Å². The summed E-state index contributed by atoms with van der Waals surface area (Å²) in [5.41, 5.74) is 0.570. The van der Waals surface area contributed by atoms with E-state index in [0.29, 0.717) is 11.3 Å². The van der Waals surface area contributed by atoms with Gasteiger partial charge in [-0.1, -0.05) is 13.8 Å². The molecule has 1 unspecified atom stereocenters. The summed E-state index contributed by atoms with van der Waals surface area (Å²) in [6.07, 6.45) is 2.99. The van der Waals surface area contributed by atoms with Gasteiger partial charge in [0.2, 0.25) is 0 Å². The van der Waals surface area contributed by atoms with Crippen LogP contribution in [0.4, 0.5) is 8.78 Å². The summed E-state index contributed by atoms with van der Waals surface area (Å²) in [6.45, 7) is 3.62. The molecule has 0 radical (unpaired) electrons. The second kappa shape index (κ2) is 2.91. The molecule has 0 spiro atoms. The lowest BCUT2D eigenvalue weighted by Gasteiger charge is -2.74. The molecule has 0 saturated heterocycles. The van der Waals surface area contributed by atoms with Crippen molar-refractivity contribution in [1.82, 2.24) is 0 Å². The van der Waals surface area contributed by atoms with Crippen LogP contribution in [0.25, 0.3) is 0 Å². The average Bonchev–Trinajstić information content (AvgIpc) is 1.75. The first-order valence-electron chi connectivity index (χ1n) is 5.34. The Morgan fingerprint density at radius 1 is 1.00 bits per heavy atom. The molecular weight excluding hydrogens is 186 g/mol. The molecule has 3 rings (SSSR count). The summed E-state index contributed by atoms with van der Waals surface area (Å²) < 4.78 is 28.6. The van der Waals surface area contributed by atoms with Gasteiger partial charge >= 0.3 is 6.61 Å². The largest absolute Gasteiger partial charge is 0.345 e. The van der Waals surface area contributed by atoms with E-state index in [0.717, 1.165) is 19.3 Å². The van der Waals surface area contributed by atoms with Gasteiger partial charge in [-0.05, 0) is 42.9 Å². The first-order chi connectivity index (χ1) is 6.40. The molecule has 1 nitrogen and oxygen atoms in total. The lowest BCUT2D eigenvalue weighted by molar-refractivity contribution is -0.308. The van der Waals surface area contributed by atoms with Crippen molar-refractivity contribution < 1.29 is 13.5 Å². The molecule has 1 atom stereocenters. The van der Waals surface area contributed by atoms with Gasteiger partial charge in [0.15, 0.2) is 0 Å². The van der Waals surface area contributed by atoms with E-state index in [1.165, 1.54) is 0 Å². The Morgan fingerprint density at radius 2 is 1.50 bits per heavy atom. The van der Waals surface area contributed by atoms with E-state index in [9.17, 15) is 8.78 Å². The van der Waals surface area contributed by atoms with E-state index in [1.807, 2.05) is 0 Å². The molecule has 0 N–H and O–H groups in total. The molecular formula is C11H18F2O. The molecule has 82 valence electrons. The van der Waals surface area contributed by atoms with Gasteiger partial charge in [0.25, 0.3) is 0 Å². The van der Waals surface area contributed by atoms with Crippen LogP contribution in [0, 0.1) is 16.7 Å². The Kier molecular flexibility index (Phi) is 2.15. The minimum atomic E-state index is -2.62. The Morgan fingerprint density at radius 3 is 1.86 bits per heavy atom. The van der Waals surface area contributed by atoms with Crippen LogP contribution in [0.1, 0.15) is 40.0 Å². The summed E-state index contributed by atoms with van der Waals surface area (Å²) in [4.78, 5) is 0. The number of hydrogen-bond acceptors (Lipinski definition) is 1. The second-order valence-electron chi connectivity index (χ2n) is 5.45. The lowest BCUT2D eigenvalue weighted by Crippen LogP contribution is -2.68. The molecule has 3 aliphatic carbocycles. The van der Waals surface area contributed by atoms with Crippen LogP contribution in [0.15, 0.2) is 0 Å². The van der Waals surface area contributed by atoms with Crippen LogP contribution in [0.3, 0.4) is 0 Å². The lowest BCUT2D eigenvalue weighted by atomic mass is 9.31. The molecule has 3 heteroatoms. The summed E-state index contributed by atoms with van der Waals surface area (Å²) in [5, 5.41) is 0. The Balaban J connectivity index is 1.87. The molecule has 3 saturated carbocycles. The van der Waals surface area contributed by atoms with Gasteiger partial charge in [-0.25, -0.2) is 0 Å². The van der Waals surface area contributed by atoms with Crippen molar-refractivity contribution in [1.29, 1.82) is 0 Å². The summed E-state index contributed by atoms with van der Waals surface area (Å²) in [7, 11) is 0. The Bertz CT molecular complexity index is 218. The van der Waals surface area contributed by atoms with Crippen molar-refractivity contribution >= 4 is 0 Å². The summed E-state index contributed by atoms with van der Waals surface area (Å²) in [6, 6.07) is 0. The van der Waals surface area contributed by atoms with Crippen LogP contribution in [0.5, 0.6) is 0 Å². The highest BCUT2D eigenvalue weighted by Crippen LogP contribution is 2.77. The monoisotopic (exact) mass is 204 g/mol. The van der Waals surface area contributed by atoms with Crippen LogP contribution in [0.2, 0.25) is 0 Å². The molecule has 0 aromatic rings. The molecule has 3 fully saturated rings. The van der Waals surface area contributed by atoms with Crippen molar-refractivity contribution in [2.75, 3.05) is 0 Å². The summed E-state index contributed by atoms with van der Waals surface area (Å²) >= 11 is 0. The van der Waals surface area contributed by atoms with Gasteiger partial charge in [0, 0.05) is 0 Å². The zero-order chi connectivity index (χ0) is 10.6. The zero-order valence-corrected chi connectivity index (χ0v) is 9.02. The minimum Gasteiger partial charge on any atom is -0.319 e. The fourth-order valence-corrected chi connectivity index (χ4v) is 3.29. The second-order valence-corrected chi connectivity index (χ2v) is 5.45. The Labute approximate surface area is 83.8 Å². The first-order valence-corrected chi connectivity index (χ1v) is 5.34. The number of alkyl halides is 2. The SMILES string of the molecule is CC(C)C12CC(C(C)OC(F)F)(C1)C2. The maximum atomic E-state index is 12.0. The minimum absolute atomic E-state index is 0.0979. The normalized spacial score (nSPS) is 42.2. The van der Waals surface area contributed by atoms with Gasteiger partial charge in [0.1, 0.15) is 0 Å². The number of hydrogen-bond donors (Lipinski definition) is 0. The maximum Gasteiger partial charge on any atom is 0.345 e. The van der Waals surface area contributed by atoms with E-state index in [-0.39, 0.29) is 11.5 Å². The highest BCUT2D eigenvalue weighted by atomic mass is 19.3. The highest BCUT2D eigenvalue weighted by molar-refractivity contribution is 5.20. The van der Waals surface area contributed by atoms with E-state index in [1.54, 1.807) is 6.92 Å².